The van der Waals surface area contributed by atoms with E-state index in [-0.39, 0.29) is 0 Å². The van der Waals surface area contributed by atoms with Gasteiger partial charge in [-0.25, -0.2) is 4.79 Å². The highest BCUT2D eigenvalue weighted by Gasteiger charge is 2.41. The lowest BCUT2D eigenvalue weighted by Crippen LogP contribution is -2.56. The van der Waals surface area contributed by atoms with E-state index in [1.165, 1.54) is 0 Å². The van der Waals surface area contributed by atoms with Crippen molar-refractivity contribution in [3.8, 4) is 0 Å². The topological polar surface area (TPSA) is 64.6 Å². The Labute approximate surface area is 89.1 Å². The van der Waals surface area contributed by atoms with Crippen molar-refractivity contribution in [2.45, 2.75) is 51.4 Å². The van der Waals surface area contributed by atoms with Crippen LogP contribution < -0.4 is 5.32 Å². The van der Waals surface area contributed by atoms with Crippen LogP contribution in [0.25, 0.3) is 0 Å². The third-order valence-corrected chi connectivity index (χ3v) is 2.16. The summed E-state index contributed by atoms with van der Waals surface area (Å²) >= 11 is 0. The third-order valence-electron chi connectivity index (χ3n) is 2.16. The van der Waals surface area contributed by atoms with Crippen molar-refractivity contribution in [1.29, 1.82) is 0 Å². The van der Waals surface area contributed by atoms with Crippen LogP contribution in [0, 0.1) is 0 Å². The average Bonchev–Trinajstić information content (AvgIpc) is 1.96. The molecule has 0 radical (unpaired) electrons. The van der Waals surface area contributed by atoms with Crippen LogP contribution in [0.5, 0.6) is 0 Å². The van der Waals surface area contributed by atoms with E-state index >= 15 is 0 Å². The maximum absolute atomic E-state index is 11.4. The second-order valence-electron chi connectivity index (χ2n) is 4.69. The van der Waals surface area contributed by atoms with E-state index in [0.29, 0.717) is 19.3 Å². The largest absolute Gasteiger partial charge is 0.444 e. The minimum Gasteiger partial charge on any atom is -0.444 e. The fourth-order valence-corrected chi connectivity index (χ4v) is 1.35. The van der Waals surface area contributed by atoms with Gasteiger partial charge in [-0.15, -0.1) is 0 Å². The molecule has 86 valence electrons. The lowest BCUT2D eigenvalue weighted by Gasteiger charge is -2.40. The minimum absolute atomic E-state index is 0.358. The zero-order chi connectivity index (χ0) is 11.5. The first-order valence-corrected chi connectivity index (χ1v) is 5.00. The number of carbonyl (C=O) groups is 2. The summed E-state index contributed by atoms with van der Waals surface area (Å²) in [5.74, 6) is 0. The molecule has 0 aliphatic heterocycles. The van der Waals surface area contributed by atoms with Crippen LogP contribution in [-0.2, 0) is 14.3 Å². The molecular formula is C10H17NO4. The van der Waals surface area contributed by atoms with Gasteiger partial charge in [0.05, 0.1) is 0 Å². The van der Waals surface area contributed by atoms with E-state index in [4.69, 9.17) is 9.47 Å². The average molecular weight is 215 g/mol. The predicted octanol–water partition coefficient (Wildman–Crippen LogP) is 1.56. The summed E-state index contributed by atoms with van der Waals surface area (Å²) in [6, 6.07) is 0. The molecular weight excluding hydrogens is 198 g/mol. The monoisotopic (exact) mass is 215 g/mol. The van der Waals surface area contributed by atoms with Gasteiger partial charge in [-0.1, -0.05) is 0 Å². The van der Waals surface area contributed by atoms with E-state index in [9.17, 15) is 9.59 Å². The maximum Gasteiger partial charge on any atom is 0.410 e. The van der Waals surface area contributed by atoms with Crippen LogP contribution in [0.1, 0.15) is 40.0 Å². The molecule has 0 spiro atoms. The number of carbonyl (C=O) groups excluding carboxylic acids is 2. The van der Waals surface area contributed by atoms with Crippen LogP contribution in [0.4, 0.5) is 4.79 Å². The molecule has 5 heteroatoms. The second-order valence-corrected chi connectivity index (χ2v) is 4.69. The summed E-state index contributed by atoms with van der Waals surface area (Å²) < 4.78 is 9.93. The van der Waals surface area contributed by atoms with E-state index in [1.807, 2.05) is 0 Å². The summed E-state index contributed by atoms with van der Waals surface area (Å²) in [7, 11) is 0. The van der Waals surface area contributed by atoms with Crippen LogP contribution in [-0.4, -0.2) is 23.9 Å². The molecule has 1 aliphatic carbocycles. The summed E-state index contributed by atoms with van der Waals surface area (Å²) in [4.78, 5) is 21.7. The highest BCUT2D eigenvalue weighted by Crippen LogP contribution is 2.32. The van der Waals surface area contributed by atoms with Gasteiger partial charge in [0.15, 0.2) is 5.72 Å². The molecule has 0 saturated heterocycles. The molecule has 1 fully saturated rings. The number of amides is 1. The molecule has 0 unspecified atom stereocenters. The Kier molecular flexibility index (Phi) is 3.21. The Balaban J connectivity index is 2.45. The standard InChI is InChI=1S/C10H17NO4/c1-9(2,3)15-8(13)11-10(14-7-12)5-4-6-10/h7H,4-6H2,1-3H3,(H,11,13). The second kappa shape index (κ2) is 4.08. The van der Waals surface area contributed by atoms with Crippen LogP contribution in [0.2, 0.25) is 0 Å². The number of alkyl carbamates (subject to hydrolysis) is 1. The highest BCUT2D eigenvalue weighted by atomic mass is 16.6. The lowest BCUT2D eigenvalue weighted by molar-refractivity contribution is -0.158. The molecule has 0 bridgehead atoms. The van der Waals surface area contributed by atoms with Gasteiger partial charge in [0.1, 0.15) is 5.60 Å². The molecule has 0 aromatic carbocycles. The van der Waals surface area contributed by atoms with Gasteiger partial charge in [-0.3, -0.25) is 10.1 Å². The molecule has 0 heterocycles. The zero-order valence-electron chi connectivity index (χ0n) is 9.33. The molecule has 15 heavy (non-hydrogen) atoms. The van der Waals surface area contributed by atoms with Gasteiger partial charge in [0, 0.05) is 12.8 Å². The van der Waals surface area contributed by atoms with Crippen molar-refractivity contribution in [3.63, 3.8) is 0 Å². The molecule has 1 aliphatic rings. The molecule has 0 aromatic heterocycles. The van der Waals surface area contributed by atoms with E-state index < -0.39 is 17.4 Å². The van der Waals surface area contributed by atoms with Crippen molar-refractivity contribution in [1.82, 2.24) is 5.32 Å². The molecule has 0 atom stereocenters. The van der Waals surface area contributed by atoms with Gasteiger partial charge in [-0.05, 0) is 27.2 Å². The molecule has 0 aromatic rings. The fourth-order valence-electron chi connectivity index (χ4n) is 1.35. The van der Waals surface area contributed by atoms with Crippen molar-refractivity contribution in [2.75, 3.05) is 0 Å². The Morgan fingerprint density at radius 3 is 2.33 bits per heavy atom. The maximum atomic E-state index is 11.4. The normalized spacial score (nSPS) is 18.6. The number of rotatable bonds is 3. The van der Waals surface area contributed by atoms with Gasteiger partial charge >= 0.3 is 6.09 Å². The Hall–Kier alpha value is -1.26. The minimum atomic E-state index is -0.829. The third kappa shape index (κ3) is 3.42. The van der Waals surface area contributed by atoms with E-state index in [2.05, 4.69) is 5.32 Å². The smallest absolute Gasteiger partial charge is 0.410 e. The van der Waals surface area contributed by atoms with E-state index in [1.54, 1.807) is 20.8 Å². The Morgan fingerprint density at radius 2 is 2.00 bits per heavy atom. The summed E-state index contributed by atoms with van der Waals surface area (Å²) in [5, 5.41) is 2.57. The first-order chi connectivity index (χ1) is 6.87. The quantitative estimate of drug-likeness (QED) is 0.573. The van der Waals surface area contributed by atoms with Crippen molar-refractivity contribution >= 4 is 12.6 Å². The van der Waals surface area contributed by atoms with Crippen molar-refractivity contribution in [3.05, 3.63) is 0 Å². The van der Waals surface area contributed by atoms with E-state index in [0.717, 1.165) is 6.42 Å². The first-order valence-electron chi connectivity index (χ1n) is 5.00. The Bertz CT molecular complexity index is 253. The molecule has 1 saturated carbocycles. The predicted molar refractivity (Wildman–Crippen MR) is 53.1 cm³/mol. The number of hydrogen-bond acceptors (Lipinski definition) is 4. The van der Waals surface area contributed by atoms with Crippen molar-refractivity contribution < 1.29 is 19.1 Å². The number of ether oxygens (including phenoxy) is 2. The summed E-state index contributed by atoms with van der Waals surface area (Å²) in [6.45, 7) is 5.69. The van der Waals surface area contributed by atoms with Crippen LogP contribution >= 0.6 is 0 Å². The van der Waals surface area contributed by atoms with Gasteiger partial charge < -0.3 is 9.47 Å². The highest BCUT2D eigenvalue weighted by molar-refractivity contribution is 5.69. The van der Waals surface area contributed by atoms with Gasteiger partial charge in [0.2, 0.25) is 0 Å². The molecule has 1 amide bonds. The van der Waals surface area contributed by atoms with Crippen LogP contribution in [0.15, 0.2) is 0 Å². The zero-order valence-corrected chi connectivity index (χ0v) is 9.33. The fraction of sp³-hybridized carbons (Fsp3) is 0.800. The van der Waals surface area contributed by atoms with Crippen molar-refractivity contribution in [2.24, 2.45) is 0 Å². The first kappa shape index (κ1) is 11.8. The summed E-state index contributed by atoms with van der Waals surface area (Å²) in [6.07, 6.45) is 1.67. The molecule has 1 rings (SSSR count). The number of hydrogen-bond donors (Lipinski definition) is 1. The Morgan fingerprint density at radius 1 is 1.40 bits per heavy atom. The molecule has 1 N–H and O–H groups in total. The van der Waals surface area contributed by atoms with Gasteiger partial charge in [0.25, 0.3) is 6.47 Å². The number of nitrogens with one attached hydrogen (secondary N) is 1. The van der Waals surface area contributed by atoms with Crippen LogP contribution in [0.3, 0.4) is 0 Å². The van der Waals surface area contributed by atoms with Gasteiger partial charge in [-0.2, -0.15) is 0 Å². The SMILES string of the molecule is CC(C)(C)OC(=O)NC1(OC=O)CCC1. The molecule has 5 nitrogen and oxygen atoms in total. The lowest BCUT2D eigenvalue weighted by atomic mass is 9.88. The summed E-state index contributed by atoms with van der Waals surface area (Å²) in [5.41, 5.74) is -1.37.